The van der Waals surface area contributed by atoms with Crippen LogP contribution in [0.3, 0.4) is 0 Å². The van der Waals surface area contributed by atoms with Gasteiger partial charge >= 0.3 is 0 Å². The number of nitrogens with zero attached hydrogens (tertiary/aromatic N) is 4. The Hall–Kier alpha value is -2.35. The Balaban J connectivity index is 1.32. The molecule has 174 valence electrons. The van der Waals surface area contributed by atoms with Gasteiger partial charge < -0.3 is 9.30 Å². The van der Waals surface area contributed by atoms with E-state index in [0.717, 1.165) is 60.6 Å². The standard InChI is InChI=1S/C26H32N4O2S/c31-25-24(19-21-11-14-29(20-21)23-9-4-5-10-23)33-26(27-22-7-2-1-3-8-22)30(25)13-6-12-28-15-17-32-18-16-28/h1-3,7-8,11,14,19-20,23H,4-6,9-10,12-13,15-18H2/b24-19+,27-26?. The van der Waals surface area contributed by atoms with Gasteiger partial charge in [0.2, 0.25) is 0 Å². The van der Waals surface area contributed by atoms with Crippen LogP contribution in [0, 0.1) is 0 Å². The van der Waals surface area contributed by atoms with Crippen LogP contribution in [0.5, 0.6) is 0 Å². The molecule has 0 unspecified atom stereocenters. The molecular formula is C26H32N4O2S. The van der Waals surface area contributed by atoms with Gasteiger partial charge in [0.05, 0.1) is 23.8 Å². The summed E-state index contributed by atoms with van der Waals surface area (Å²) in [5.41, 5.74) is 1.96. The van der Waals surface area contributed by atoms with Crippen molar-refractivity contribution in [3.63, 3.8) is 0 Å². The molecule has 1 saturated carbocycles. The number of morpholine rings is 1. The Morgan fingerprint density at radius 2 is 1.85 bits per heavy atom. The van der Waals surface area contributed by atoms with Crippen LogP contribution in [-0.2, 0) is 9.53 Å². The first-order valence-corrected chi connectivity index (χ1v) is 12.9. The van der Waals surface area contributed by atoms with Gasteiger partial charge in [0.1, 0.15) is 0 Å². The van der Waals surface area contributed by atoms with E-state index in [1.54, 1.807) is 0 Å². The molecule has 1 aromatic heterocycles. The van der Waals surface area contributed by atoms with E-state index in [2.05, 4.69) is 27.9 Å². The summed E-state index contributed by atoms with van der Waals surface area (Å²) in [5.74, 6) is 0.0604. The second-order valence-electron chi connectivity index (χ2n) is 8.94. The summed E-state index contributed by atoms with van der Waals surface area (Å²) in [5, 5.41) is 0.773. The zero-order chi connectivity index (χ0) is 22.5. The topological polar surface area (TPSA) is 50.1 Å². The lowest BCUT2D eigenvalue weighted by atomic mass is 10.2. The molecule has 2 saturated heterocycles. The summed E-state index contributed by atoms with van der Waals surface area (Å²) in [6.45, 7) is 5.18. The van der Waals surface area contributed by atoms with E-state index in [1.165, 1.54) is 37.4 Å². The quantitative estimate of drug-likeness (QED) is 0.545. The summed E-state index contributed by atoms with van der Waals surface area (Å²) < 4.78 is 7.77. The number of carbonyl (C=O) groups is 1. The highest BCUT2D eigenvalue weighted by molar-refractivity contribution is 8.18. The Labute approximate surface area is 200 Å². The highest BCUT2D eigenvalue weighted by atomic mass is 32.2. The Morgan fingerprint density at radius 3 is 2.64 bits per heavy atom. The van der Waals surface area contributed by atoms with Crippen LogP contribution in [-0.4, -0.2) is 64.8 Å². The largest absolute Gasteiger partial charge is 0.379 e. The molecule has 0 N–H and O–H groups in total. The van der Waals surface area contributed by atoms with Crippen molar-refractivity contribution in [1.82, 2.24) is 14.4 Å². The van der Waals surface area contributed by atoms with Crippen LogP contribution in [0.2, 0.25) is 0 Å². The maximum Gasteiger partial charge on any atom is 0.266 e. The molecule has 1 aromatic carbocycles. The minimum Gasteiger partial charge on any atom is -0.379 e. The first kappa shape index (κ1) is 22.4. The number of rotatable bonds is 7. The number of thioether (sulfide) groups is 1. The molecule has 2 aromatic rings. The summed E-state index contributed by atoms with van der Waals surface area (Å²) >= 11 is 1.49. The molecule has 3 fully saturated rings. The van der Waals surface area contributed by atoms with Gasteiger partial charge in [0, 0.05) is 44.6 Å². The number of amides is 1. The van der Waals surface area contributed by atoms with Gasteiger partial charge in [-0.05, 0) is 60.9 Å². The smallest absolute Gasteiger partial charge is 0.266 e. The van der Waals surface area contributed by atoms with E-state index < -0.39 is 0 Å². The molecule has 3 aliphatic rings. The molecule has 0 bridgehead atoms. The van der Waals surface area contributed by atoms with Crippen LogP contribution in [0.1, 0.15) is 43.7 Å². The Morgan fingerprint density at radius 1 is 1.06 bits per heavy atom. The van der Waals surface area contributed by atoms with Crippen molar-refractivity contribution in [3.05, 3.63) is 59.3 Å². The molecule has 1 aliphatic carbocycles. The van der Waals surface area contributed by atoms with E-state index >= 15 is 0 Å². The summed E-state index contributed by atoms with van der Waals surface area (Å²) in [6, 6.07) is 12.6. The van der Waals surface area contributed by atoms with Gasteiger partial charge in [-0.15, -0.1) is 0 Å². The number of hydrogen-bond donors (Lipinski definition) is 0. The molecule has 3 heterocycles. The molecular weight excluding hydrogens is 432 g/mol. The van der Waals surface area contributed by atoms with E-state index in [1.807, 2.05) is 41.3 Å². The number of benzene rings is 1. The Kier molecular flexibility index (Phi) is 7.29. The number of aromatic nitrogens is 1. The lowest BCUT2D eigenvalue weighted by Gasteiger charge is -2.27. The molecule has 2 aliphatic heterocycles. The number of amidine groups is 1. The van der Waals surface area contributed by atoms with Gasteiger partial charge in [-0.25, -0.2) is 4.99 Å². The fourth-order valence-electron chi connectivity index (χ4n) is 4.78. The van der Waals surface area contributed by atoms with Crippen LogP contribution in [0.15, 0.2) is 58.7 Å². The SMILES string of the molecule is O=C1/C(=C\c2ccn(C3CCCC3)c2)SC(=Nc2ccccc2)N1CCCN1CCOCC1. The number of para-hydroxylation sites is 1. The van der Waals surface area contributed by atoms with E-state index in [-0.39, 0.29) is 5.91 Å². The molecule has 0 radical (unpaired) electrons. The van der Waals surface area contributed by atoms with Crippen molar-refractivity contribution < 1.29 is 9.53 Å². The Bertz CT molecular complexity index is 1000. The third-order valence-electron chi connectivity index (χ3n) is 6.61. The van der Waals surface area contributed by atoms with Crippen molar-refractivity contribution in [2.75, 3.05) is 39.4 Å². The minimum absolute atomic E-state index is 0.0604. The zero-order valence-corrected chi connectivity index (χ0v) is 19.9. The molecule has 33 heavy (non-hydrogen) atoms. The lowest BCUT2D eigenvalue weighted by Crippen LogP contribution is -2.38. The second kappa shape index (κ2) is 10.7. The second-order valence-corrected chi connectivity index (χ2v) is 9.94. The third kappa shape index (κ3) is 5.60. The molecule has 5 rings (SSSR count). The van der Waals surface area contributed by atoms with Crippen LogP contribution >= 0.6 is 11.8 Å². The number of hydrogen-bond acceptors (Lipinski definition) is 5. The average molecular weight is 465 g/mol. The zero-order valence-electron chi connectivity index (χ0n) is 19.1. The van der Waals surface area contributed by atoms with Crippen LogP contribution < -0.4 is 0 Å². The first-order chi connectivity index (χ1) is 16.3. The molecule has 0 spiro atoms. The average Bonchev–Trinajstić information content (AvgIpc) is 3.59. The predicted octanol–water partition coefficient (Wildman–Crippen LogP) is 4.93. The highest BCUT2D eigenvalue weighted by Crippen LogP contribution is 2.35. The van der Waals surface area contributed by atoms with E-state index in [0.29, 0.717) is 12.6 Å². The summed E-state index contributed by atoms with van der Waals surface area (Å²) in [7, 11) is 0. The highest BCUT2D eigenvalue weighted by Gasteiger charge is 2.33. The van der Waals surface area contributed by atoms with Gasteiger partial charge in [0.25, 0.3) is 5.91 Å². The molecule has 6 nitrogen and oxygen atoms in total. The molecule has 1 amide bonds. The van der Waals surface area contributed by atoms with E-state index in [4.69, 9.17) is 9.73 Å². The maximum atomic E-state index is 13.4. The normalized spacial score (nSPS) is 22.8. The molecule has 0 atom stereocenters. The monoisotopic (exact) mass is 464 g/mol. The van der Waals surface area contributed by atoms with Crippen LogP contribution in [0.25, 0.3) is 6.08 Å². The number of carbonyl (C=O) groups excluding carboxylic acids is 1. The van der Waals surface area contributed by atoms with Gasteiger partial charge in [0.15, 0.2) is 5.17 Å². The fraction of sp³-hybridized carbons (Fsp3) is 0.462. The lowest BCUT2D eigenvalue weighted by molar-refractivity contribution is -0.122. The van der Waals surface area contributed by atoms with Gasteiger partial charge in [-0.2, -0.15) is 0 Å². The van der Waals surface area contributed by atoms with Crippen molar-refractivity contribution in [1.29, 1.82) is 0 Å². The van der Waals surface area contributed by atoms with Gasteiger partial charge in [-0.3, -0.25) is 14.6 Å². The van der Waals surface area contributed by atoms with Crippen molar-refractivity contribution in [2.45, 2.75) is 38.1 Å². The van der Waals surface area contributed by atoms with E-state index in [9.17, 15) is 4.79 Å². The minimum atomic E-state index is 0.0604. The van der Waals surface area contributed by atoms with Crippen molar-refractivity contribution >= 4 is 34.6 Å². The van der Waals surface area contributed by atoms with Crippen molar-refractivity contribution in [3.8, 4) is 0 Å². The summed E-state index contributed by atoms with van der Waals surface area (Å²) in [6.07, 6.45) is 12.4. The van der Waals surface area contributed by atoms with Gasteiger partial charge in [-0.1, -0.05) is 31.0 Å². The third-order valence-corrected chi connectivity index (χ3v) is 7.62. The predicted molar refractivity (Wildman–Crippen MR) is 135 cm³/mol. The van der Waals surface area contributed by atoms with Crippen LogP contribution in [0.4, 0.5) is 5.69 Å². The fourth-order valence-corrected chi connectivity index (χ4v) is 5.80. The number of ether oxygens (including phenoxy) is 1. The van der Waals surface area contributed by atoms with Crippen molar-refractivity contribution in [2.24, 2.45) is 4.99 Å². The summed E-state index contributed by atoms with van der Waals surface area (Å²) in [4.78, 5) is 23.2. The maximum absolute atomic E-state index is 13.4. The first-order valence-electron chi connectivity index (χ1n) is 12.1. The number of aliphatic imine (C=N–C) groups is 1. The molecule has 7 heteroatoms.